The molecule has 0 radical (unpaired) electrons. The number of imidazole rings is 1. The number of H-pyrrole nitrogens is 1. The number of ketones is 1. The Bertz CT molecular complexity index is 632. The lowest BCUT2D eigenvalue weighted by molar-refractivity contribution is -0.112. The molecule has 0 fully saturated rings. The average Bonchev–Trinajstić information content (AvgIpc) is 2.52. The van der Waals surface area contributed by atoms with Gasteiger partial charge >= 0.3 is 5.69 Å². The zero-order valence-corrected chi connectivity index (χ0v) is 9.15. The molecular weight excluding hydrogens is 204 g/mol. The lowest BCUT2D eigenvalue weighted by atomic mass is 10.3. The maximum absolute atomic E-state index is 11.7. The molecule has 16 heavy (non-hydrogen) atoms. The summed E-state index contributed by atoms with van der Waals surface area (Å²) in [4.78, 5) is 25.4. The number of benzene rings is 1. The number of hydrogen-bond acceptors (Lipinski definition) is 2. The third-order valence-electron chi connectivity index (χ3n) is 2.35. The van der Waals surface area contributed by atoms with Crippen LogP contribution in [-0.2, 0) is 4.79 Å². The maximum Gasteiger partial charge on any atom is 0.330 e. The molecule has 1 aromatic carbocycles. The van der Waals surface area contributed by atoms with Crippen LogP contribution in [0.1, 0.15) is 13.8 Å². The minimum atomic E-state index is -0.226. The highest BCUT2D eigenvalue weighted by Gasteiger charge is 2.07. The highest BCUT2D eigenvalue weighted by molar-refractivity contribution is 5.93. The van der Waals surface area contributed by atoms with Crippen LogP contribution < -0.4 is 5.69 Å². The number of rotatable bonds is 2. The van der Waals surface area contributed by atoms with Gasteiger partial charge in [0.2, 0.25) is 0 Å². The number of fused-ring (bicyclic) bond motifs is 1. The number of hydrogen-bond donors (Lipinski definition) is 1. The average molecular weight is 216 g/mol. The van der Waals surface area contributed by atoms with Crippen molar-refractivity contribution >= 4 is 22.5 Å². The highest BCUT2D eigenvalue weighted by atomic mass is 16.1. The van der Waals surface area contributed by atoms with E-state index in [-0.39, 0.29) is 11.5 Å². The maximum atomic E-state index is 11.7. The summed E-state index contributed by atoms with van der Waals surface area (Å²) >= 11 is 0. The second-order valence-corrected chi connectivity index (χ2v) is 3.68. The molecule has 4 nitrogen and oxygen atoms in total. The fourth-order valence-electron chi connectivity index (χ4n) is 1.76. The summed E-state index contributed by atoms with van der Waals surface area (Å²) in [6.45, 7) is 3.20. The largest absolute Gasteiger partial charge is 0.330 e. The van der Waals surface area contributed by atoms with E-state index in [4.69, 9.17) is 0 Å². The van der Waals surface area contributed by atoms with Crippen LogP contribution in [0.2, 0.25) is 0 Å². The topological polar surface area (TPSA) is 54.9 Å². The van der Waals surface area contributed by atoms with Gasteiger partial charge in [-0.05, 0) is 26.0 Å². The molecule has 1 N–H and O–H groups in total. The minimum Gasteiger partial charge on any atom is -0.305 e. The standard InChI is InChI=1S/C12H12N2O2/c1-8(7-9(2)15)14-11-6-4-3-5-10(11)13-12(14)16/h3-7H,1-2H3,(H,13,16)/b8-7-. The quantitative estimate of drug-likeness (QED) is 0.778. The molecule has 0 spiro atoms. The molecule has 1 aromatic heterocycles. The van der Waals surface area contributed by atoms with E-state index < -0.39 is 0 Å². The van der Waals surface area contributed by atoms with Gasteiger partial charge in [-0.2, -0.15) is 0 Å². The first-order valence-electron chi connectivity index (χ1n) is 4.98. The molecule has 4 heteroatoms. The van der Waals surface area contributed by atoms with Crippen molar-refractivity contribution in [1.29, 1.82) is 0 Å². The van der Waals surface area contributed by atoms with Gasteiger partial charge in [0.25, 0.3) is 0 Å². The van der Waals surface area contributed by atoms with Gasteiger partial charge in [-0.3, -0.25) is 9.36 Å². The third-order valence-corrected chi connectivity index (χ3v) is 2.35. The van der Waals surface area contributed by atoms with Crippen LogP contribution >= 0.6 is 0 Å². The van der Waals surface area contributed by atoms with Crippen LogP contribution in [0.15, 0.2) is 35.1 Å². The Morgan fingerprint density at radius 1 is 1.31 bits per heavy atom. The van der Waals surface area contributed by atoms with E-state index >= 15 is 0 Å². The van der Waals surface area contributed by atoms with Gasteiger partial charge < -0.3 is 4.98 Å². The van der Waals surface area contributed by atoms with E-state index in [9.17, 15) is 9.59 Å². The van der Waals surface area contributed by atoms with Gasteiger partial charge in [0.05, 0.1) is 11.0 Å². The Labute approximate surface area is 92.2 Å². The zero-order valence-electron chi connectivity index (χ0n) is 9.15. The van der Waals surface area contributed by atoms with Crippen LogP contribution in [-0.4, -0.2) is 15.3 Å². The summed E-state index contributed by atoms with van der Waals surface area (Å²) in [6.07, 6.45) is 1.45. The molecule has 1 heterocycles. The van der Waals surface area contributed by atoms with Crippen molar-refractivity contribution in [3.63, 3.8) is 0 Å². The molecular formula is C12H12N2O2. The lowest BCUT2D eigenvalue weighted by Gasteiger charge is -2.01. The van der Waals surface area contributed by atoms with Crippen molar-refractivity contribution in [1.82, 2.24) is 9.55 Å². The molecule has 0 atom stereocenters. The number of aromatic nitrogens is 2. The number of carbonyl (C=O) groups excluding carboxylic acids is 1. The van der Waals surface area contributed by atoms with Gasteiger partial charge in [0.15, 0.2) is 5.78 Å². The Morgan fingerprint density at radius 2 is 2.00 bits per heavy atom. The number of nitrogens with one attached hydrogen (secondary N) is 1. The van der Waals surface area contributed by atoms with Crippen LogP contribution in [0, 0.1) is 0 Å². The van der Waals surface area contributed by atoms with E-state index in [2.05, 4.69) is 4.98 Å². The van der Waals surface area contributed by atoms with E-state index in [0.29, 0.717) is 5.70 Å². The molecule has 0 saturated carbocycles. The summed E-state index contributed by atoms with van der Waals surface area (Å²) in [5, 5.41) is 0. The van der Waals surface area contributed by atoms with E-state index in [1.807, 2.05) is 24.3 Å². The molecule has 0 bridgehead atoms. The SMILES string of the molecule is CC(=O)/C=C(/C)n1c(=O)[nH]c2ccccc21. The van der Waals surface area contributed by atoms with Gasteiger partial charge in [0, 0.05) is 11.8 Å². The molecule has 0 saturated heterocycles. The molecule has 0 aliphatic rings. The summed E-state index contributed by atoms with van der Waals surface area (Å²) in [6, 6.07) is 7.37. The van der Waals surface area contributed by atoms with Crippen LogP contribution in [0.4, 0.5) is 0 Å². The zero-order chi connectivity index (χ0) is 11.7. The first-order chi connectivity index (χ1) is 7.59. The Balaban J connectivity index is 2.73. The molecule has 82 valence electrons. The predicted octanol–water partition coefficient (Wildman–Crippen LogP) is 1.78. The normalized spacial score (nSPS) is 12.0. The lowest BCUT2D eigenvalue weighted by Crippen LogP contribution is -2.15. The molecule has 0 amide bonds. The fraction of sp³-hybridized carbons (Fsp3) is 0.167. The van der Waals surface area contributed by atoms with Crippen molar-refractivity contribution < 1.29 is 4.79 Å². The van der Waals surface area contributed by atoms with Crippen molar-refractivity contribution in [3.05, 3.63) is 40.8 Å². The fourth-order valence-corrected chi connectivity index (χ4v) is 1.76. The minimum absolute atomic E-state index is 0.0744. The summed E-state index contributed by atoms with van der Waals surface area (Å²) < 4.78 is 1.50. The van der Waals surface area contributed by atoms with Crippen LogP contribution in [0.25, 0.3) is 16.7 Å². The second kappa shape index (κ2) is 3.81. The van der Waals surface area contributed by atoms with Gasteiger partial charge in [-0.1, -0.05) is 12.1 Å². The number of allylic oxidation sites excluding steroid dienone is 2. The molecule has 2 aromatic rings. The van der Waals surface area contributed by atoms with E-state index in [0.717, 1.165) is 11.0 Å². The molecule has 0 aliphatic carbocycles. The Morgan fingerprint density at radius 3 is 2.69 bits per heavy atom. The van der Waals surface area contributed by atoms with Gasteiger partial charge in [-0.25, -0.2) is 4.79 Å². The van der Waals surface area contributed by atoms with Crippen molar-refractivity contribution in [2.75, 3.05) is 0 Å². The van der Waals surface area contributed by atoms with E-state index in [1.165, 1.54) is 17.6 Å². The van der Waals surface area contributed by atoms with Crippen molar-refractivity contribution in [2.45, 2.75) is 13.8 Å². The van der Waals surface area contributed by atoms with Crippen molar-refractivity contribution in [2.24, 2.45) is 0 Å². The number of para-hydroxylation sites is 2. The predicted molar refractivity (Wildman–Crippen MR) is 63.2 cm³/mol. The summed E-state index contributed by atoms with van der Waals surface area (Å²) in [5.41, 5.74) is 1.94. The summed E-state index contributed by atoms with van der Waals surface area (Å²) in [5.74, 6) is -0.0744. The van der Waals surface area contributed by atoms with Crippen LogP contribution in [0.5, 0.6) is 0 Å². The van der Waals surface area contributed by atoms with Gasteiger partial charge in [-0.15, -0.1) is 0 Å². The highest BCUT2D eigenvalue weighted by Crippen LogP contribution is 2.13. The molecule has 0 aliphatic heterocycles. The molecule has 2 rings (SSSR count). The Hall–Kier alpha value is -2.10. The third kappa shape index (κ3) is 1.69. The smallest absolute Gasteiger partial charge is 0.305 e. The first kappa shape index (κ1) is 10.4. The van der Waals surface area contributed by atoms with E-state index in [1.54, 1.807) is 6.92 Å². The first-order valence-corrected chi connectivity index (χ1v) is 4.98. The molecule has 0 unspecified atom stereocenters. The van der Waals surface area contributed by atoms with Crippen molar-refractivity contribution in [3.8, 4) is 0 Å². The Kier molecular flexibility index (Phi) is 2.48. The monoisotopic (exact) mass is 216 g/mol. The second-order valence-electron chi connectivity index (χ2n) is 3.68. The number of aromatic amines is 1. The van der Waals surface area contributed by atoms with Gasteiger partial charge in [0.1, 0.15) is 0 Å². The van der Waals surface area contributed by atoms with Crippen LogP contribution in [0.3, 0.4) is 0 Å². The number of carbonyl (C=O) groups is 1. The number of nitrogens with zero attached hydrogens (tertiary/aromatic N) is 1. The summed E-state index contributed by atoms with van der Waals surface area (Å²) in [7, 11) is 0.